The fraction of sp³-hybridized carbons (Fsp3) is 0.529. The van der Waals surface area contributed by atoms with E-state index in [0.29, 0.717) is 24.6 Å². The van der Waals surface area contributed by atoms with Gasteiger partial charge in [-0.2, -0.15) is 0 Å². The lowest BCUT2D eigenvalue weighted by atomic mass is 10.1. The van der Waals surface area contributed by atoms with Crippen LogP contribution >= 0.6 is 23.6 Å². The van der Waals surface area contributed by atoms with Crippen LogP contribution in [-0.4, -0.2) is 66.2 Å². The van der Waals surface area contributed by atoms with Crippen LogP contribution in [0.1, 0.15) is 28.9 Å². The average molecular weight is 412 g/mol. The van der Waals surface area contributed by atoms with Crippen LogP contribution in [0.3, 0.4) is 0 Å². The summed E-state index contributed by atoms with van der Waals surface area (Å²) in [5.74, 6) is -1.14. The van der Waals surface area contributed by atoms with Gasteiger partial charge in [-0.1, -0.05) is 6.07 Å². The number of amides is 2. The topological polar surface area (TPSA) is 97.0 Å². The summed E-state index contributed by atoms with van der Waals surface area (Å²) in [4.78, 5) is 38.7. The molecule has 0 saturated carbocycles. The second-order valence-electron chi connectivity index (χ2n) is 6.26. The van der Waals surface area contributed by atoms with Crippen LogP contribution in [-0.2, 0) is 19.1 Å². The Morgan fingerprint density at radius 2 is 2.33 bits per heavy atom. The molecule has 2 amide bonds. The van der Waals surface area contributed by atoms with Crippen molar-refractivity contribution in [3.8, 4) is 0 Å². The lowest BCUT2D eigenvalue weighted by Crippen LogP contribution is -2.60. The van der Waals surface area contributed by atoms with Gasteiger partial charge in [0.15, 0.2) is 5.11 Å². The molecular weight excluding hydrogens is 390 g/mol. The molecule has 8 nitrogen and oxygen atoms in total. The van der Waals surface area contributed by atoms with E-state index in [1.165, 1.54) is 11.3 Å². The van der Waals surface area contributed by atoms with Crippen LogP contribution in [0.15, 0.2) is 17.5 Å². The quantitative estimate of drug-likeness (QED) is 0.543. The minimum absolute atomic E-state index is 0.0728. The van der Waals surface area contributed by atoms with Crippen molar-refractivity contribution in [1.82, 2.24) is 15.5 Å². The highest BCUT2D eigenvalue weighted by Gasteiger charge is 2.34. The Kier molecular flexibility index (Phi) is 6.75. The Morgan fingerprint density at radius 1 is 1.48 bits per heavy atom. The molecule has 146 valence electrons. The molecule has 0 spiro atoms. The third kappa shape index (κ3) is 5.24. The number of thiophene rings is 1. The van der Waals surface area contributed by atoms with Crippen molar-refractivity contribution >= 4 is 46.5 Å². The van der Waals surface area contributed by atoms with Gasteiger partial charge in [0.05, 0.1) is 17.4 Å². The Hall–Kier alpha value is -2.04. The molecule has 1 aromatic heterocycles. The third-order valence-corrected chi connectivity index (χ3v) is 5.58. The molecule has 2 saturated heterocycles. The monoisotopic (exact) mass is 411 g/mol. The van der Waals surface area contributed by atoms with Gasteiger partial charge in [-0.25, -0.2) is 0 Å². The average Bonchev–Trinajstić information content (AvgIpc) is 3.35. The lowest BCUT2D eigenvalue weighted by Gasteiger charge is -2.36. The Labute approximate surface area is 166 Å². The van der Waals surface area contributed by atoms with Crippen molar-refractivity contribution in [2.75, 3.05) is 26.3 Å². The highest BCUT2D eigenvalue weighted by atomic mass is 32.1. The molecular formula is C17H21N3O5S2. The van der Waals surface area contributed by atoms with Gasteiger partial charge in [0.25, 0.3) is 5.91 Å². The van der Waals surface area contributed by atoms with Gasteiger partial charge in [0, 0.05) is 19.7 Å². The van der Waals surface area contributed by atoms with Crippen LogP contribution in [0.4, 0.5) is 0 Å². The molecule has 0 radical (unpaired) electrons. The first-order valence-corrected chi connectivity index (χ1v) is 10.0. The number of thiocarbonyl (C=S) groups is 1. The zero-order chi connectivity index (χ0) is 19.2. The number of ether oxygens (including phenoxy) is 2. The summed E-state index contributed by atoms with van der Waals surface area (Å²) < 4.78 is 10.7. The van der Waals surface area contributed by atoms with E-state index in [-0.39, 0.29) is 36.1 Å². The smallest absolute Gasteiger partial charge is 0.308 e. The summed E-state index contributed by atoms with van der Waals surface area (Å²) in [7, 11) is 0. The maximum atomic E-state index is 12.3. The molecule has 2 N–H and O–H groups in total. The van der Waals surface area contributed by atoms with Gasteiger partial charge in [-0.05, 0) is 36.5 Å². The molecule has 0 aromatic carbocycles. The van der Waals surface area contributed by atoms with Crippen LogP contribution in [0.25, 0.3) is 0 Å². The lowest BCUT2D eigenvalue weighted by molar-refractivity contribution is -0.150. The highest BCUT2D eigenvalue weighted by Crippen LogP contribution is 2.15. The van der Waals surface area contributed by atoms with Gasteiger partial charge in [0.2, 0.25) is 5.91 Å². The Balaban J connectivity index is 1.56. The van der Waals surface area contributed by atoms with Crippen LogP contribution in [0.2, 0.25) is 0 Å². The van der Waals surface area contributed by atoms with Crippen LogP contribution < -0.4 is 10.6 Å². The van der Waals surface area contributed by atoms with E-state index >= 15 is 0 Å². The molecule has 3 heterocycles. The van der Waals surface area contributed by atoms with E-state index in [4.69, 9.17) is 21.7 Å². The van der Waals surface area contributed by atoms with Crippen molar-refractivity contribution in [2.24, 2.45) is 0 Å². The van der Waals surface area contributed by atoms with Crippen LogP contribution in [0, 0.1) is 0 Å². The number of rotatable bonds is 5. The second kappa shape index (κ2) is 9.25. The van der Waals surface area contributed by atoms with E-state index in [9.17, 15) is 14.4 Å². The molecule has 27 heavy (non-hydrogen) atoms. The van der Waals surface area contributed by atoms with Crippen LogP contribution in [0.5, 0.6) is 0 Å². The number of carbonyl (C=O) groups is 3. The maximum absolute atomic E-state index is 12.3. The molecule has 3 rings (SSSR count). The first-order valence-electron chi connectivity index (χ1n) is 8.75. The minimum Gasteiger partial charge on any atom is -0.463 e. The number of piperazine rings is 1. The Bertz CT molecular complexity index is 703. The molecule has 2 atom stereocenters. The van der Waals surface area contributed by atoms with Crippen molar-refractivity contribution in [3.05, 3.63) is 22.4 Å². The first kappa shape index (κ1) is 19.7. The van der Waals surface area contributed by atoms with E-state index in [2.05, 4.69) is 10.6 Å². The fourth-order valence-electron chi connectivity index (χ4n) is 2.98. The van der Waals surface area contributed by atoms with E-state index in [0.717, 1.165) is 12.8 Å². The van der Waals surface area contributed by atoms with Crippen molar-refractivity contribution in [1.29, 1.82) is 0 Å². The molecule has 0 aliphatic carbocycles. The Morgan fingerprint density at radius 3 is 3.04 bits per heavy atom. The third-order valence-electron chi connectivity index (χ3n) is 4.37. The zero-order valence-corrected chi connectivity index (χ0v) is 16.3. The van der Waals surface area contributed by atoms with Crippen molar-refractivity contribution in [3.63, 3.8) is 0 Å². The standard InChI is InChI=1S/C17H21N3O5S2/c21-14(25-10-11-3-1-7-24-11)9-12-15(22)18-5-6-20(12)17(26)19-16(23)13-4-2-8-27-13/h2,4,8,11-12H,1,3,5-7,9-10H2,(H,18,22)(H,19,23,26)/t11-,12+/m1/s1. The molecule has 2 aliphatic heterocycles. The normalized spacial score (nSPS) is 22.2. The summed E-state index contributed by atoms with van der Waals surface area (Å²) >= 11 is 6.60. The van der Waals surface area contributed by atoms with Gasteiger partial charge in [-0.15, -0.1) is 11.3 Å². The minimum atomic E-state index is -0.813. The van der Waals surface area contributed by atoms with E-state index < -0.39 is 12.0 Å². The first-order chi connectivity index (χ1) is 13.0. The van der Waals surface area contributed by atoms with E-state index in [1.54, 1.807) is 22.4 Å². The molecule has 0 bridgehead atoms. The number of nitrogens with zero attached hydrogens (tertiary/aromatic N) is 1. The number of nitrogens with one attached hydrogen (secondary N) is 2. The molecule has 2 fully saturated rings. The van der Waals surface area contributed by atoms with Crippen molar-refractivity contribution < 1.29 is 23.9 Å². The van der Waals surface area contributed by atoms with Gasteiger partial charge in [0.1, 0.15) is 12.6 Å². The molecule has 0 unspecified atom stereocenters. The predicted molar refractivity (Wildman–Crippen MR) is 102 cm³/mol. The molecule has 10 heteroatoms. The van der Waals surface area contributed by atoms with Gasteiger partial charge in [-0.3, -0.25) is 19.7 Å². The zero-order valence-electron chi connectivity index (χ0n) is 14.6. The van der Waals surface area contributed by atoms with Crippen molar-refractivity contribution in [2.45, 2.75) is 31.4 Å². The number of esters is 1. The highest BCUT2D eigenvalue weighted by molar-refractivity contribution is 7.80. The number of hydrogen-bond acceptors (Lipinski definition) is 7. The molecule has 2 aliphatic rings. The van der Waals surface area contributed by atoms with E-state index in [1.807, 2.05) is 0 Å². The fourth-order valence-corrected chi connectivity index (χ4v) is 3.91. The predicted octanol–water partition coefficient (Wildman–Crippen LogP) is 0.676. The largest absolute Gasteiger partial charge is 0.463 e. The van der Waals surface area contributed by atoms with Gasteiger partial charge < -0.3 is 19.7 Å². The number of carbonyl (C=O) groups excluding carboxylic acids is 3. The summed E-state index contributed by atoms with van der Waals surface area (Å²) in [6.45, 7) is 1.65. The number of hydrogen-bond donors (Lipinski definition) is 2. The maximum Gasteiger partial charge on any atom is 0.308 e. The summed E-state index contributed by atoms with van der Waals surface area (Å²) in [5.41, 5.74) is 0. The SMILES string of the molecule is O=C(C[C@H]1C(=O)NCCN1C(=S)NC(=O)c1cccs1)OC[C@H]1CCCO1. The van der Waals surface area contributed by atoms with Gasteiger partial charge >= 0.3 is 5.97 Å². The second-order valence-corrected chi connectivity index (χ2v) is 7.59. The summed E-state index contributed by atoms with van der Waals surface area (Å²) in [5, 5.41) is 7.26. The molecule has 1 aromatic rings. The summed E-state index contributed by atoms with van der Waals surface area (Å²) in [6.07, 6.45) is 1.60. The summed E-state index contributed by atoms with van der Waals surface area (Å²) in [6, 6.07) is 2.64.